The predicted molar refractivity (Wildman–Crippen MR) is 69.4 cm³/mol. The first kappa shape index (κ1) is 12.0. The van der Waals surface area contributed by atoms with Crippen LogP contribution in [0.1, 0.15) is 5.69 Å². The van der Waals surface area contributed by atoms with Gasteiger partial charge >= 0.3 is 0 Å². The van der Waals surface area contributed by atoms with Crippen LogP contribution in [0.4, 0.5) is 10.2 Å². The van der Waals surface area contributed by atoms with Crippen LogP contribution in [0.3, 0.4) is 0 Å². The van der Waals surface area contributed by atoms with Crippen LogP contribution in [0.25, 0.3) is 11.4 Å². The largest absolute Gasteiger partial charge is 0.371 e. The van der Waals surface area contributed by atoms with Gasteiger partial charge in [-0.1, -0.05) is 28.1 Å². The summed E-state index contributed by atoms with van der Waals surface area (Å²) in [6, 6.07) is 7.57. The summed E-state index contributed by atoms with van der Waals surface area (Å²) in [5.41, 5.74) is 1.19. The highest BCUT2D eigenvalue weighted by atomic mass is 79.9. The molecule has 0 unspecified atom stereocenters. The van der Waals surface area contributed by atoms with Crippen molar-refractivity contribution < 1.29 is 4.39 Å². The Labute approximate surface area is 107 Å². The quantitative estimate of drug-likeness (QED) is 0.923. The van der Waals surface area contributed by atoms with Crippen molar-refractivity contribution in [2.45, 2.75) is 6.92 Å². The first-order chi connectivity index (χ1) is 8.11. The molecule has 3 nitrogen and oxygen atoms in total. The van der Waals surface area contributed by atoms with Crippen molar-refractivity contribution in [2.75, 3.05) is 12.4 Å². The van der Waals surface area contributed by atoms with Gasteiger partial charge in [0.1, 0.15) is 0 Å². The summed E-state index contributed by atoms with van der Waals surface area (Å²) in [5.74, 6) is 0.324. The Hall–Kier alpha value is -1.49. The molecule has 1 N–H and O–H groups in total. The van der Waals surface area contributed by atoms with Crippen LogP contribution >= 0.6 is 15.9 Å². The summed E-state index contributed by atoms with van der Waals surface area (Å²) in [7, 11) is 1.64. The van der Waals surface area contributed by atoms with Gasteiger partial charge in [-0.25, -0.2) is 14.4 Å². The van der Waals surface area contributed by atoms with E-state index in [2.05, 4.69) is 31.2 Å². The molecule has 2 rings (SSSR count). The number of rotatable bonds is 2. The molecular weight excluding hydrogens is 285 g/mol. The first-order valence-electron chi connectivity index (χ1n) is 5.09. The normalized spacial score (nSPS) is 10.4. The van der Waals surface area contributed by atoms with E-state index in [1.807, 2.05) is 24.3 Å². The van der Waals surface area contributed by atoms with Gasteiger partial charge in [-0.05, 0) is 19.1 Å². The lowest BCUT2D eigenvalue weighted by Gasteiger charge is -2.07. The van der Waals surface area contributed by atoms with Crippen LogP contribution in [0, 0.1) is 12.7 Å². The summed E-state index contributed by atoms with van der Waals surface area (Å²) in [6.07, 6.45) is 0. The van der Waals surface area contributed by atoms with Crippen molar-refractivity contribution in [3.63, 3.8) is 0 Å². The van der Waals surface area contributed by atoms with Crippen molar-refractivity contribution >= 4 is 21.7 Å². The minimum Gasteiger partial charge on any atom is -0.371 e. The Balaban J connectivity index is 2.52. The summed E-state index contributed by atoms with van der Waals surface area (Å²) >= 11 is 3.36. The molecule has 0 saturated heterocycles. The molecule has 1 aromatic carbocycles. The predicted octanol–water partition coefficient (Wildman–Crippen LogP) is 3.40. The van der Waals surface area contributed by atoms with E-state index in [0.29, 0.717) is 11.5 Å². The van der Waals surface area contributed by atoms with Crippen LogP contribution in [0.5, 0.6) is 0 Å². The van der Waals surface area contributed by atoms with Crippen molar-refractivity contribution in [2.24, 2.45) is 0 Å². The number of hydrogen-bond donors (Lipinski definition) is 1. The fourth-order valence-electron chi connectivity index (χ4n) is 1.45. The molecule has 0 amide bonds. The van der Waals surface area contributed by atoms with Crippen LogP contribution in [0.2, 0.25) is 0 Å². The van der Waals surface area contributed by atoms with Crippen LogP contribution in [-0.4, -0.2) is 17.0 Å². The van der Waals surface area contributed by atoms with Gasteiger partial charge in [-0.2, -0.15) is 0 Å². The van der Waals surface area contributed by atoms with Gasteiger partial charge in [-0.15, -0.1) is 0 Å². The fourth-order valence-corrected chi connectivity index (χ4v) is 1.72. The molecule has 0 atom stereocenters. The van der Waals surface area contributed by atoms with Gasteiger partial charge in [0.05, 0.1) is 5.69 Å². The van der Waals surface area contributed by atoms with Gasteiger partial charge in [-0.3, -0.25) is 0 Å². The molecule has 17 heavy (non-hydrogen) atoms. The van der Waals surface area contributed by atoms with E-state index in [1.54, 1.807) is 14.0 Å². The maximum atomic E-state index is 13.6. The summed E-state index contributed by atoms with van der Waals surface area (Å²) in [4.78, 5) is 8.28. The molecule has 5 heteroatoms. The minimum atomic E-state index is -0.409. The second-order valence-electron chi connectivity index (χ2n) is 3.55. The highest BCUT2D eigenvalue weighted by molar-refractivity contribution is 9.10. The number of halogens is 2. The molecule has 0 aliphatic carbocycles. The second kappa shape index (κ2) is 4.79. The minimum absolute atomic E-state index is 0.218. The molecule has 0 saturated carbocycles. The highest BCUT2D eigenvalue weighted by Crippen LogP contribution is 2.22. The van der Waals surface area contributed by atoms with E-state index in [-0.39, 0.29) is 5.82 Å². The smallest absolute Gasteiger partial charge is 0.186 e. The molecule has 0 fully saturated rings. The third-order valence-electron chi connectivity index (χ3n) is 2.36. The lowest BCUT2D eigenvalue weighted by molar-refractivity contribution is 0.607. The molecular formula is C12H11BrFN3. The van der Waals surface area contributed by atoms with E-state index in [9.17, 15) is 4.39 Å². The summed E-state index contributed by atoms with van der Waals surface area (Å²) in [5, 5.41) is 2.72. The zero-order valence-corrected chi connectivity index (χ0v) is 11.0. The van der Waals surface area contributed by atoms with Crippen LogP contribution < -0.4 is 5.32 Å². The zero-order chi connectivity index (χ0) is 12.4. The van der Waals surface area contributed by atoms with Gasteiger partial charge < -0.3 is 5.32 Å². The van der Waals surface area contributed by atoms with E-state index in [0.717, 1.165) is 10.0 Å². The van der Waals surface area contributed by atoms with Gasteiger partial charge in [0.25, 0.3) is 0 Å². The topological polar surface area (TPSA) is 37.8 Å². The molecule has 0 radical (unpaired) electrons. The van der Waals surface area contributed by atoms with Gasteiger partial charge in [0.2, 0.25) is 0 Å². The van der Waals surface area contributed by atoms with Crippen molar-refractivity contribution in [1.29, 1.82) is 0 Å². The second-order valence-corrected chi connectivity index (χ2v) is 4.47. The number of aryl methyl sites for hydroxylation is 1. The zero-order valence-electron chi connectivity index (χ0n) is 9.46. The van der Waals surface area contributed by atoms with E-state index < -0.39 is 5.82 Å². The Morgan fingerprint density at radius 1 is 1.18 bits per heavy atom. The van der Waals surface area contributed by atoms with E-state index in [4.69, 9.17) is 0 Å². The summed E-state index contributed by atoms with van der Waals surface area (Å²) < 4.78 is 14.5. The third-order valence-corrected chi connectivity index (χ3v) is 2.88. The van der Waals surface area contributed by atoms with Crippen molar-refractivity contribution in [1.82, 2.24) is 9.97 Å². The lowest BCUT2D eigenvalue weighted by atomic mass is 10.2. The standard InChI is InChI=1S/C12H11BrFN3/c1-7-10(14)12(15-2)17-11(16-7)8-3-5-9(13)6-4-8/h3-6H,1-2H3,(H,15,16,17). The van der Waals surface area contributed by atoms with Crippen molar-refractivity contribution in [3.05, 3.63) is 40.2 Å². The molecule has 88 valence electrons. The molecule has 2 aromatic rings. The number of nitrogens with zero attached hydrogens (tertiary/aromatic N) is 2. The maximum Gasteiger partial charge on any atom is 0.186 e. The average Bonchev–Trinajstić information content (AvgIpc) is 2.33. The number of benzene rings is 1. The van der Waals surface area contributed by atoms with Gasteiger partial charge in [0.15, 0.2) is 17.5 Å². The third kappa shape index (κ3) is 2.44. The van der Waals surface area contributed by atoms with Gasteiger partial charge in [0, 0.05) is 17.1 Å². The average molecular weight is 296 g/mol. The SMILES string of the molecule is CNc1nc(-c2ccc(Br)cc2)nc(C)c1F. The fraction of sp³-hybridized carbons (Fsp3) is 0.167. The Kier molecular flexibility index (Phi) is 3.38. The number of aromatic nitrogens is 2. The van der Waals surface area contributed by atoms with Crippen LogP contribution in [-0.2, 0) is 0 Å². The number of nitrogens with one attached hydrogen (secondary N) is 1. The molecule has 1 aromatic heterocycles. The highest BCUT2D eigenvalue weighted by Gasteiger charge is 2.11. The molecule has 0 aliphatic rings. The number of anilines is 1. The van der Waals surface area contributed by atoms with E-state index >= 15 is 0 Å². The Morgan fingerprint density at radius 3 is 2.41 bits per heavy atom. The molecule has 0 aliphatic heterocycles. The number of hydrogen-bond acceptors (Lipinski definition) is 3. The van der Waals surface area contributed by atoms with Crippen molar-refractivity contribution in [3.8, 4) is 11.4 Å². The first-order valence-corrected chi connectivity index (χ1v) is 5.89. The Morgan fingerprint density at radius 2 is 1.82 bits per heavy atom. The van der Waals surface area contributed by atoms with E-state index in [1.165, 1.54) is 0 Å². The monoisotopic (exact) mass is 295 g/mol. The molecule has 0 bridgehead atoms. The van der Waals surface area contributed by atoms with Crippen LogP contribution in [0.15, 0.2) is 28.7 Å². The molecule has 1 heterocycles. The molecule has 0 spiro atoms. The summed E-state index contributed by atoms with van der Waals surface area (Å²) in [6.45, 7) is 1.63. The lowest BCUT2D eigenvalue weighted by Crippen LogP contribution is -2.03. The maximum absolute atomic E-state index is 13.6. The Bertz CT molecular complexity index is 540.